The molecule has 0 saturated heterocycles. The van der Waals surface area contributed by atoms with E-state index in [1.807, 2.05) is 31.6 Å². The number of rotatable bonds is 8. The van der Waals surface area contributed by atoms with E-state index >= 15 is 0 Å². The standard InChI is InChI=1S/C22H24FN3O3.C2H6S.H2O.U/c1-4-29-21-11-15(9-10-20(21)28-3)14-26(27)22-19(24-2)12-16(13-25-22)17-7-5-6-8-18(17)23;1-3-2;;/h5-13,24,27H,4,14H2,1-3H3;1-2H3;1H2;. The van der Waals surface area contributed by atoms with Gasteiger partial charge >= 0.3 is 0 Å². The SMILES string of the molecule is CCOc1cc(CN(O)c2ncc(-c3ccccc3F)cc2NC)ccc1OC.CSC.O.[U]. The number of hydroxylamine groups is 1. The van der Waals surface area contributed by atoms with E-state index < -0.39 is 0 Å². The van der Waals surface area contributed by atoms with Crippen LogP contribution < -0.4 is 19.9 Å². The molecule has 34 heavy (non-hydrogen) atoms. The largest absolute Gasteiger partial charge is 0.493 e. The second-order valence-electron chi connectivity index (χ2n) is 6.71. The average Bonchev–Trinajstić information content (AvgIpc) is 2.80. The molecule has 0 radical (unpaired) electrons. The van der Waals surface area contributed by atoms with E-state index in [-0.39, 0.29) is 49.0 Å². The second kappa shape index (κ2) is 16.6. The van der Waals surface area contributed by atoms with Crippen molar-refractivity contribution < 1.29 is 55.7 Å². The number of hydrogen-bond acceptors (Lipinski definition) is 7. The summed E-state index contributed by atoms with van der Waals surface area (Å²) < 4.78 is 25.0. The fraction of sp³-hybridized carbons (Fsp3) is 0.292. The van der Waals surface area contributed by atoms with Crippen LogP contribution in [0.1, 0.15) is 12.5 Å². The van der Waals surface area contributed by atoms with Gasteiger partial charge in [0.25, 0.3) is 0 Å². The molecule has 0 unspecified atom stereocenters. The molecule has 2 aromatic carbocycles. The summed E-state index contributed by atoms with van der Waals surface area (Å²) in [6.07, 6.45) is 5.62. The van der Waals surface area contributed by atoms with Crippen molar-refractivity contribution in [3.8, 4) is 22.6 Å². The fourth-order valence-electron chi connectivity index (χ4n) is 3.03. The number of aromatic nitrogens is 1. The molecule has 184 valence electrons. The first kappa shape index (κ1) is 32.0. The van der Waals surface area contributed by atoms with E-state index in [1.165, 1.54) is 12.3 Å². The zero-order chi connectivity index (χ0) is 23.5. The minimum absolute atomic E-state index is 0. The molecular formula is C24H32FN3O4SU. The molecular weight excluding hydrogens is 683 g/mol. The van der Waals surface area contributed by atoms with Gasteiger partial charge in [-0.3, -0.25) is 5.21 Å². The Kier molecular flexibility index (Phi) is 15.7. The summed E-state index contributed by atoms with van der Waals surface area (Å²) >= 11 is 1.75. The smallest absolute Gasteiger partial charge is 0.176 e. The molecule has 0 atom stereocenters. The first-order valence-corrected chi connectivity index (χ1v) is 11.7. The van der Waals surface area contributed by atoms with E-state index in [9.17, 15) is 9.60 Å². The minimum atomic E-state index is -0.327. The molecule has 3 rings (SSSR count). The molecule has 1 heterocycles. The van der Waals surface area contributed by atoms with Crippen LogP contribution in [-0.2, 0) is 6.54 Å². The normalized spacial score (nSPS) is 9.50. The summed E-state index contributed by atoms with van der Waals surface area (Å²) in [4.78, 5) is 4.35. The number of nitrogens with zero attached hydrogens (tertiary/aromatic N) is 2. The van der Waals surface area contributed by atoms with E-state index in [2.05, 4.69) is 10.3 Å². The molecule has 0 spiro atoms. The van der Waals surface area contributed by atoms with Crippen LogP contribution in [0.4, 0.5) is 15.9 Å². The van der Waals surface area contributed by atoms with Crippen LogP contribution in [0.15, 0.2) is 54.7 Å². The van der Waals surface area contributed by atoms with Gasteiger partial charge in [-0.2, -0.15) is 11.8 Å². The predicted molar refractivity (Wildman–Crippen MR) is 134 cm³/mol. The maximum atomic E-state index is 14.1. The number of methoxy groups -OCH3 is 1. The molecule has 0 aliphatic rings. The van der Waals surface area contributed by atoms with Crippen LogP contribution in [-0.4, -0.2) is 48.9 Å². The summed E-state index contributed by atoms with van der Waals surface area (Å²) in [5.74, 6) is 1.24. The average molecular weight is 716 g/mol. The van der Waals surface area contributed by atoms with Crippen molar-refractivity contribution in [3.05, 3.63) is 66.1 Å². The van der Waals surface area contributed by atoms with Crippen molar-refractivity contribution in [1.29, 1.82) is 0 Å². The van der Waals surface area contributed by atoms with E-state index in [1.54, 1.807) is 56.3 Å². The Morgan fingerprint density at radius 3 is 2.38 bits per heavy atom. The fourth-order valence-corrected chi connectivity index (χ4v) is 3.03. The number of ether oxygens (including phenoxy) is 2. The van der Waals surface area contributed by atoms with E-state index in [4.69, 9.17) is 9.47 Å². The van der Waals surface area contributed by atoms with Gasteiger partial charge in [-0.1, -0.05) is 24.3 Å². The minimum Gasteiger partial charge on any atom is -0.493 e. The summed E-state index contributed by atoms with van der Waals surface area (Å²) in [6, 6.07) is 13.7. The van der Waals surface area contributed by atoms with Crippen molar-refractivity contribution in [1.82, 2.24) is 4.98 Å². The predicted octanol–water partition coefficient (Wildman–Crippen LogP) is 4.89. The number of nitrogens with one attached hydrogen (secondary N) is 1. The van der Waals surface area contributed by atoms with Crippen LogP contribution >= 0.6 is 11.8 Å². The van der Waals surface area contributed by atoms with Gasteiger partial charge in [-0.05, 0) is 49.3 Å². The molecule has 4 N–H and O–H groups in total. The van der Waals surface area contributed by atoms with Gasteiger partial charge in [0.1, 0.15) is 5.82 Å². The molecule has 0 aliphatic carbocycles. The van der Waals surface area contributed by atoms with Crippen LogP contribution in [0.25, 0.3) is 11.1 Å². The molecule has 1 aromatic heterocycles. The molecule has 3 aromatic rings. The van der Waals surface area contributed by atoms with Crippen LogP contribution in [0.3, 0.4) is 0 Å². The number of hydrogen-bond donors (Lipinski definition) is 2. The zero-order valence-corrected chi connectivity index (χ0v) is 25.0. The molecule has 0 bridgehead atoms. The summed E-state index contributed by atoms with van der Waals surface area (Å²) in [5.41, 5.74) is 2.46. The topological polar surface area (TPSA) is 98.4 Å². The quantitative estimate of drug-likeness (QED) is 0.321. The number of halogens is 1. The van der Waals surface area contributed by atoms with Gasteiger partial charge in [0.05, 0.1) is 25.9 Å². The van der Waals surface area contributed by atoms with E-state index in [0.29, 0.717) is 40.7 Å². The molecule has 0 aliphatic heterocycles. The Hall–Kier alpha value is -1.96. The van der Waals surface area contributed by atoms with Gasteiger partial charge in [-0.15, -0.1) is 0 Å². The van der Waals surface area contributed by atoms with Gasteiger partial charge in [0.15, 0.2) is 17.3 Å². The number of thioether (sulfide) groups is 1. The van der Waals surface area contributed by atoms with Crippen molar-refractivity contribution in [2.75, 3.05) is 43.7 Å². The van der Waals surface area contributed by atoms with Crippen LogP contribution in [0.2, 0.25) is 0 Å². The summed E-state index contributed by atoms with van der Waals surface area (Å²) in [6.45, 7) is 2.58. The third kappa shape index (κ3) is 8.68. The Morgan fingerprint density at radius 1 is 1.12 bits per heavy atom. The van der Waals surface area contributed by atoms with Crippen LogP contribution in [0, 0.1) is 36.9 Å². The Labute approximate surface area is 228 Å². The Morgan fingerprint density at radius 2 is 1.79 bits per heavy atom. The van der Waals surface area contributed by atoms with Gasteiger partial charge < -0.3 is 20.3 Å². The van der Waals surface area contributed by atoms with E-state index in [0.717, 1.165) is 10.6 Å². The second-order valence-corrected chi connectivity index (χ2v) is 7.53. The Bertz CT molecular complexity index is 1010. The maximum absolute atomic E-state index is 14.1. The molecule has 0 amide bonds. The number of anilines is 2. The summed E-state index contributed by atoms with van der Waals surface area (Å²) in [5, 5.41) is 14.7. The number of benzene rings is 2. The zero-order valence-electron chi connectivity index (χ0n) is 20.1. The van der Waals surface area contributed by atoms with Crippen molar-refractivity contribution in [2.45, 2.75) is 13.5 Å². The van der Waals surface area contributed by atoms with Gasteiger partial charge in [0.2, 0.25) is 0 Å². The first-order chi connectivity index (χ1) is 15.5. The molecule has 0 saturated carbocycles. The van der Waals surface area contributed by atoms with Crippen molar-refractivity contribution in [2.24, 2.45) is 0 Å². The Balaban J connectivity index is 0.00000207. The van der Waals surface area contributed by atoms with Gasteiger partial charge in [-0.25, -0.2) is 14.4 Å². The monoisotopic (exact) mass is 715 g/mol. The summed E-state index contributed by atoms with van der Waals surface area (Å²) in [7, 11) is 3.30. The number of pyridine rings is 1. The molecule has 10 heteroatoms. The van der Waals surface area contributed by atoms with Gasteiger partial charge in [0, 0.05) is 55.5 Å². The molecule has 7 nitrogen and oxygen atoms in total. The maximum Gasteiger partial charge on any atom is 0.176 e. The third-order valence-corrected chi connectivity index (χ3v) is 4.43. The third-order valence-electron chi connectivity index (χ3n) is 4.43. The first-order valence-electron chi connectivity index (χ1n) is 10.1. The van der Waals surface area contributed by atoms with Crippen LogP contribution in [0.5, 0.6) is 11.5 Å². The molecule has 0 fully saturated rings. The van der Waals surface area contributed by atoms with Crippen molar-refractivity contribution >= 4 is 23.3 Å². The van der Waals surface area contributed by atoms with Crippen molar-refractivity contribution in [3.63, 3.8) is 0 Å².